The minimum absolute atomic E-state index is 0.0564. The van der Waals surface area contributed by atoms with Crippen molar-refractivity contribution in [2.75, 3.05) is 5.32 Å². The Morgan fingerprint density at radius 1 is 1.29 bits per heavy atom. The summed E-state index contributed by atoms with van der Waals surface area (Å²) in [5.41, 5.74) is 5.44. The van der Waals surface area contributed by atoms with Gasteiger partial charge >= 0.3 is 6.18 Å². The number of halogens is 4. The fourth-order valence-corrected chi connectivity index (χ4v) is 2.32. The Bertz CT molecular complexity index is 414. The van der Waals surface area contributed by atoms with Crippen LogP contribution in [0.25, 0.3) is 0 Å². The Morgan fingerprint density at radius 2 is 1.94 bits per heavy atom. The van der Waals surface area contributed by atoms with Crippen LogP contribution in [0.3, 0.4) is 0 Å². The van der Waals surface area contributed by atoms with Crippen LogP contribution in [-0.2, 0) is 6.18 Å². The van der Waals surface area contributed by atoms with Crippen LogP contribution < -0.4 is 11.1 Å². The molecular weight excluding hydrogens is 297 g/mol. The first kappa shape index (κ1) is 12.7. The van der Waals surface area contributed by atoms with E-state index < -0.39 is 11.7 Å². The molecule has 0 amide bonds. The lowest BCUT2D eigenvalue weighted by Crippen LogP contribution is -2.44. The Morgan fingerprint density at radius 3 is 2.47 bits per heavy atom. The van der Waals surface area contributed by atoms with Gasteiger partial charge in [-0.05, 0) is 31.0 Å². The molecule has 2 nitrogen and oxygen atoms in total. The molecule has 0 heterocycles. The topological polar surface area (TPSA) is 38.0 Å². The zero-order valence-corrected chi connectivity index (χ0v) is 10.5. The predicted octanol–water partition coefficient (Wildman–Crippen LogP) is 3.37. The van der Waals surface area contributed by atoms with E-state index in [0.717, 1.165) is 18.9 Å². The zero-order valence-electron chi connectivity index (χ0n) is 8.89. The second-order valence-electron chi connectivity index (χ2n) is 4.27. The molecule has 3 N–H and O–H groups in total. The summed E-state index contributed by atoms with van der Waals surface area (Å²) in [6.07, 6.45) is -2.73. The average Bonchev–Trinajstić information content (AvgIpc) is 2.16. The maximum Gasteiger partial charge on any atom is 0.417 e. The van der Waals surface area contributed by atoms with Gasteiger partial charge in [0.25, 0.3) is 0 Å². The van der Waals surface area contributed by atoms with Gasteiger partial charge in [-0.1, -0.05) is 15.9 Å². The average molecular weight is 309 g/mol. The predicted molar refractivity (Wildman–Crippen MR) is 63.8 cm³/mol. The Labute approximate surface area is 106 Å². The first-order chi connectivity index (χ1) is 7.86. The van der Waals surface area contributed by atoms with Gasteiger partial charge in [0.05, 0.1) is 5.56 Å². The molecule has 0 atom stereocenters. The van der Waals surface area contributed by atoms with Gasteiger partial charge in [-0.2, -0.15) is 13.2 Å². The minimum Gasteiger partial charge on any atom is -0.382 e. The quantitative estimate of drug-likeness (QED) is 0.879. The monoisotopic (exact) mass is 308 g/mol. The third kappa shape index (κ3) is 2.93. The Kier molecular flexibility index (Phi) is 3.36. The highest BCUT2D eigenvalue weighted by Gasteiger charge is 2.33. The number of anilines is 1. The summed E-state index contributed by atoms with van der Waals surface area (Å²) in [6, 6.07) is 4.51. The molecule has 1 aliphatic rings. The fourth-order valence-electron chi connectivity index (χ4n) is 1.85. The lowest BCUT2D eigenvalue weighted by atomic mass is 9.87. The second kappa shape index (κ2) is 4.49. The lowest BCUT2D eigenvalue weighted by molar-refractivity contribution is -0.138. The van der Waals surface area contributed by atoms with Crippen LogP contribution in [0.4, 0.5) is 18.9 Å². The van der Waals surface area contributed by atoms with Crippen molar-refractivity contribution in [1.29, 1.82) is 0 Å². The Balaban J connectivity index is 2.14. The molecule has 0 aliphatic heterocycles. The maximum absolute atomic E-state index is 12.6. The first-order valence-electron chi connectivity index (χ1n) is 5.25. The molecule has 0 radical (unpaired) electrons. The van der Waals surface area contributed by atoms with Crippen molar-refractivity contribution in [2.24, 2.45) is 5.73 Å². The van der Waals surface area contributed by atoms with E-state index in [2.05, 4.69) is 21.2 Å². The van der Waals surface area contributed by atoms with E-state index in [-0.39, 0.29) is 16.6 Å². The van der Waals surface area contributed by atoms with Gasteiger partial charge in [0.1, 0.15) is 0 Å². The summed E-state index contributed by atoms with van der Waals surface area (Å²) in [4.78, 5) is 0. The number of nitrogens with one attached hydrogen (secondary N) is 1. The molecule has 0 saturated heterocycles. The van der Waals surface area contributed by atoms with Crippen LogP contribution in [0.2, 0.25) is 0 Å². The third-order valence-corrected chi connectivity index (χ3v) is 3.51. The normalized spacial score (nSPS) is 24.3. The van der Waals surface area contributed by atoms with Crippen LogP contribution in [0.5, 0.6) is 0 Å². The zero-order chi connectivity index (χ0) is 12.6. The number of benzene rings is 1. The summed E-state index contributed by atoms with van der Waals surface area (Å²) in [6.45, 7) is 0. The van der Waals surface area contributed by atoms with Gasteiger partial charge in [0, 0.05) is 22.2 Å². The van der Waals surface area contributed by atoms with Crippen LogP contribution in [0.15, 0.2) is 22.7 Å². The van der Waals surface area contributed by atoms with Gasteiger partial charge in [0.15, 0.2) is 0 Å². The molecule has 0 aromatic heterocycles. The number of alkyl halides is 3. The van der Waals surface area contributed by atoms with E-state index in [9.17, 15) is 13.2 Å². The molecule has 1 aliphatic carbocycles. The van der Waals surface area contributed by atoms with Crippen molar-refractivity contribution in [2.45, 2.75) is 31.1 Å². The summed E-state index contributed by atoms with van der Waals surface area (Å²) < 4.78 is 38.0. The number of rotatable bonds is 2. The maximum atomic E-state index is 12.6. The largest absolute Gasteiger partial charge is 0.417 e. The van der Waals surface area contributed by atoms with E-state index in [4.69, 9.17) is 5.73 Å². The van der Waals surface area contributed by atoms with E-state index in [1.165, 1.54) is 6.07 Å². The van der Waals surface area contributed by atoms with Crippen LogP contribution in [-0.4, -0.2) is 12.1 Å². The minimum atomic E-state index is -4.34. The van der Waals surface area contributed by atoms with Gasteiger partial charge in [-0.25, -0.2) is 0 Å². The first-order valence-corrected chi connectivity index (χ1v) is 6.04. The summed E-state index contributed by atoms with van der Waals surface area (Å²) in [5, 5.41) is 3.05. The third-order valence-electron chi connectivity index (χ3n) is 2.82. The number of hydrogen-bond acceptors (Lipinski definition) is 2. The number of hydrogen-bond donors (Lipinski definition) is 2. The molecule has 1 saturated carbocycles. The molecule has 1 aromatic rings. The molecular formula is C11H12BrF3N2. The van der Waals surface area contributed by atoms with Gasteiger partial charge < -0.3 is 11.1 Å². The van der Waals surface area contributed by atoms with Gasteiger partial charge in [-0.3, -0.25) is 0 Å². The molecule has 1 fully saturated rings. The van der Waals surface area contributed by atoms with Gasteiger partial charge in [0.2, 0.25) is 0 Å². The van der Waals surface area contributed by atoms with Crippen molar-refractivity contribution < 1.29 is 13.2 Å². The van der Waals surface area contributed by atoms with Crippen molar-refractivity contribution in [1.82, 2.24) is 0 Å². The van der Waals surface area contributed by atoms with Crippen molar-refractivity contribution in [3.63, 3.8) is 0 Å². The summed E-state index contributed by atoms with van der Waals surface area (Å²) in [7, 11) is 0. The molecule has 0 unspecified atom stereocenters. The van der Waals surface area contributed by atoms with E-state index >= 15 is 0 Å². The summed E-state index contributed by atoms with van der Waals surface area (Å²) in [5.74, 6) is 0. The Hall–Kier alpha value is -0.750. The SMILES string of the molecule is NC1CC(Nc2ccc(Br)c(C(F)(F)F)c2)C1. The highest BCUT2D eigenvalue weighted by molar-refractivity contribution is 9.10. The molecule has 0 bridgehead atoms. The van der Waals surface area contributed by atoms with Crippen LogP contribution in [0, 0.1) is 0 Å². The van der Waals surface area contributed by atoms with Crippen LogP contribution >= 0.6 is 15.9 Å². The smallest absolute Gasteiger partial charge is 0.382 e. The lowest BCUT2D eigenvalue weighted by Gasteiger charge is -2.34. The van der Waals surface area contributed by atoms with Crippen molar-refractivity contribution >= 4 is 21.6 Å². The molecule has 94 valence electrons. The molecule has 17 heavy (non-hydrogen) atoms. The summed E-state index contributed by atoms with van der Waals surface area (Å²) >= 11 is 2.91. The highest BCUT2D eigenvalue weighted by atomic mass is 79.9. The standard InChI is InChI=1S/C11H12BrF3N2/c12-10-2-1-7(5-9(10)11(13,14)15)17-8-3-6(16)4-8/h1-2,5-6,8,17H,3-4,16H2. The van der Waals surface area contributed by atoms with Gasteiger partial charge in [-0.15, -0.1) is 0 Å². The molecule has 2 rings (SSSR count). The fraction of sp³-hybridized carbons (Fsp3) is 0.455. The van der Waals surface area contributed by atoms with E-state index in [0.29, 0.717) is 5.69 Å². The molecule has 0 spiro atoms. The highest BCUT2D eigenvalue weighted by Crippen LogP contribution is 2.37. The molecule has 6 heteroatoms. The second-order valence-corrected chi connectivity index (χ2v) is 5.12. The van der Waals surface area contributed by atoms with Crippen molar-refractivity contribution in [3.05, 3.63) is 28.2 Å². The van der Waals surface area contributed by atoms with E-state index in [1.807, 2.05) is 0 Å². The van der Waals surface area contributed by atoms with Crippen molar-refractivity contribution in [3.8, 4) is 0 Å². The number of nitrogens with two attached hydrogens (primary N) is 1. The molecule has 1 aromatic carbocycles. The van der Waals surface area contributed by atoms with E-state index in [1.54, 1.807) is 6.07 Å². The van der Waals surface area contributed by atoms with Crippen LogP contribution in [0.1, 0.15) is 18.4 Å².